The lowest BCUT2D eigenvalue weighted by Crippen LogP contribution is -2.62. The van der Waals surface area contributed by atoms with Gasteiger partial charge < -0.3 is 14.5 Å². The fourth-order valence-corrected chi connectivity index (χ4v) is 4.74. The fraction of sp³-hybridized carbons (Fsp3) is 0.583. The fourth-order valence-electron chi connectivity index (χ4n) is 4.74. The molecule has 174 valence electrons. The number of para-hydroxylation sites is 1. The molecule has 0 radical (unpaired) electrons. The molecular weight excluding hydrogens is 410 g/mol. The van der Waals surface area contributed by atoms with E-state index < -0.39 is 11.6 Å². The van der Waals surface area contributed by atoms with Crippen LogP contribution in [0.15, 0.2) is 24.3 Å². The van der Waals surface area contributed by atoms with Crippen LogP contribution in [0.3, 0.4) is 0 Å². The van der Waals surface area contributed by atoms with Gasteiger partial charge in [0, 0.05) is 25.9 Å². The predicted octanol–water partition coefficient (Wildman–Crippen LogP) is 2.81. The third kappa shape index (κ3) is 4.36. The molecule has 3 rings (SSSR count). The molecule has 0 bridgehead atoms. The molecule has 1 aromatic carbocycles. The van der Waals surface area contributed by atoms with Crippen LogP contribution < -0.4 is 4.90 Å². The van der Waals surface area contributed by atoms with E-state index in [0.717, 1.165) is 12.8 Å². The maximum atomic E-state index is 13.3. The number of nitrogens with zero attached hydrogens (tertiary/aromatic N) is 3. The summed E-state index contributed by atoms with van der Waals surface area (Å²) in [6.45, 7) is 6.54. The molecule has 32 heavy (non-hydrogen) atoms. The Morgan fingerprint density at radius 2 is 1.88 bits per heavy atom. The highest BCUT2D eigenvalue weighted by Gasteiger charge is 2.52. The molecule has 0 aliphatic carbocycles. The van der Waals surface area contributed by atoms with Gasteiger partial charge in [0.05, 0.1) is 18.4 Å². The van der Waals surface area contributed by atoms with Gasteiger partial charge in [-0.2, -0.15) is 0 Å². The molecule has 1 aromatic rings. The highest BCUT2D eigenvalue weighted by atomic mass is 16.5. The van der Waals surface area contributed by atoms with Crippen LogP contribution >= 0.6 is 0 Å². The Kier molecular flexibility index (Phi) is 7.21. The average Bonchev–Trinajstić information content (AvgIpc) is 3.11. The smallest absolute Gasteiger partial charge is 0.325 e. The van der Waals surface area contributed by atoms with Crippen molar-refractivity contribution >= 4 is 29.4 Å². The van der Waals surface area contributed by atoms with Gasteiger partial charge >= 0.3 is 5.97 Å². The third-order valence-electron chi connectivity index (χ3n) is 6.83. The standard InChI is InChI=1S/C24H33N3O5/c1-5-17(6-2)15-25(16-22(30)32-4)20(28)12-14-26-23(31)18-9-7-8-10-19(18)27-21(29)11-13-24(26,27)3/h7-10,17H,5-6,11-16H2,1-4H3/t24-/m1/s1. The molecule has 2 aliphatic heterocycles. The van der Waals surface area contributed by atoms with E-state index in [1.54, 1.807) is 28.0 Å². The van der Waals surface area contributed by atoms with Crippen LogP contribution in [-0.2, 0) is 19.1 Å². The van der Waals surface area contributed by atoms with Crippen molar-refractivity contribution in [1.82, 2.24) is 9.80 Å². The van der Waals surface area contributed by atoms with Gasteiger partial charge in [-0.3, -0.25) is 24.1 Å². The van der Waals surface area contributed by atoms with Crippen LogP contribution in [0.2, 0.25) is 0 Å². The number of amides is 3. The van der Waals surface area contributed by atoms with E-state index >= 15 is 0 Å². The van der Waals surface area contributed by atoms with E-state index in [1.165, 1.54) is 12.0 Å². The van der Waals surface area contributed by atoms with Crippen LogP contribution in [0.4, 0.5) is 5.69 Å². The van der Waals surface area contributed by atoms with Crippen LogP contribution in [0.25, 0.3) is 0 Å². The monoisotopic (exact) mass is 443 g/mol. The van der Waals surface area contributed by atoms with E-state index in [4.69, 9.17) is 4.74 Å². The minimum atomic E-state index is -0.800. The van der Waals surface area contributed by atoms with Crippen LogP contribution in [0, 0.1) is 5.92 Å². The van der Waals surface area contributed by atoms with E-state index in [9.17, 15) is 19.2 Å². The molecule has 2 aliphatic rings. The van der Waals surface area contributed by atoms with Crippen LogP contribution in [0.5, 0.6) is 0 Å². The summed E-state index contributed by atoms with van der Waals surface area (Å²) in [5, 5.41) is 0. The van der Waals surface area contributed by atoms with Gasteiger partial charge in [-0.1, -0.05) is 38.8 Å². The van der Waals surface area contributed by atoms with Gasteiger partial charge in [-0.15, -0.1) is 0 Å². The summed E-state index contributed by atoms with van der Waals surface area (Å²) in [4.78, 5) is 55.9. The maximum absolute atomic E-state index is 13.3. The van der Waals surface area contributed by atoms with Crippen molar-refractivity contribution in [3.05, 3.63) is 29.8 Å². The van der Waals surface area contributed by atoms with Gasteiger partial charge in [0.2, 0.25) is 11.8 Å². The topological polar surface area (TPSA) is 87.2 Å². The number of esters is 1. The molecule has 1 atom stereocenters. The molecule has 2 heterocycles. The maximum Gasteiger partial charge on any atom is 0.325 e. The number of rotatable bonds is 9. The van der Waals surface area contributed by atoms with Gasteiger partial charge in [0.15, 0.2) is 0 Å². The molecule has 0 spiro atoms. The average molecular weight is 444 g/mol. The molecule has 1 fully saturated rings. The number of carbonyl (C=O) groups excluding carboxylic acids is 4. The third-order valence-corrected chi connectivity index (χ3v) is 6.83. The highest BCUT2D eigenvalue weighted by molar-refractivity contribution is 6.10. The number of fused-ring (bicyclic) bond motifs is 3. The summed E-state index contributed by atoms with van der Waals surface area (Å²) < 4.78 is 4.77. The molecule has 0 unspecified atom stereocenters. The normalized spacial score (nSPS) is 19.8. The largest absolute Gasteiger partial charge is 0.468 e. The Labute approximate surface area is 189 Å². The molecule has 0 saturated carbocycles. The number of benzene rings is 1. The molecule has 1 saturated heterocycles. The van der Waals surface area contributed by atoms with Gasteiger partial charge in [0.25, 0.3) is 5.91 Å². The lowest BCUT2D eigenvalue weighted by atomic mass is 9.98. The number of anilines is 1. The van der Waals surface area contributed by atoms with Crippen molar-refractivity contribution in [3.8, 4) is 0 Å². The first-order chi connectivity index (χ1) is 15.3. The summed E-state index contributed by atoms with van der Waals surface area (Å²) in [6, 6.07) is 7.11. The minimum absolute atomic E-state index is 0.0233. The zero-order valence-corrected chi connectivity index (χ0v) is 19.4. The first kappa shape index (κ1) is 23.8. The summed E-state index contributed by atoms with van der Waals surface area (Å²) in [5.41, 5.74) is 0.299. The number of methoxy groups -OCH3 is 1. The number of hydrogen-bond acceptors (Lipinski definition) is 5. The predicted molar refractivity (Wildman–Crippen MR) is 120 cm³/mol. The molecule has 3 amide bonds. The zero-order chi connectivity index (χ0) is 23.5. The lowest BCUT2D eigenvalue weighted by Gasteiger charge is -2.48. The van der Waals surface area contributed by atoms with E-state index in [1.807, 2.05) is 13.0 Å². The number of carbonyl (C=O) groups is 4. The van der Waals surface area contributed by atoms with Crippen molar-refractivity contribution in [3.63, 3.8) is 0 Å². The molecule has 0 aromatic heterocycles. The number of ether oxygens (including phenoxy) is 1. The van der Waals surface area contributed by atoms with Gasteiger partial charge in [0.1, 0.15) is 12.2 Å². The SMILES string of the molecule is CCC(CC)CN(CC(=O)OC)C(=O)CCN1C(=O)c2ccccc2N2C(=O)CC[C@]12C. The first-order valence-electron chi connectivity index (χ1n) is 11.3. The zero-order valence-electron chi connectivity index (χ0n) is 19.4. The molecular formula is C24H33N3O5. The van der Waals surface area contributed by atoms with Crippen molar-refractivity contribution in [2.45, 2.75) is 58.5 Å². The summed E-state index contributed by atoms with van der Waals surface area (Å²) in [5.74, 6) is -0.584. The van der Waals surface area contributed by atoms with Crippen molar-refractivity contribution < 1.29 is 23.9 Å². The second kappa shape index (κ2) is 9.71. The summed E-state index contributed by atoms with van der Waals surface area (Å²) in [6.07, 6.45) is 2.74. The van der Waals surface area contributed by atoms with E-state index in [0.29, 0.717) is 30.6 Å². The lowest BCUT2D eigenvalue weighted by molar-refractivity contribution is -0.147. The molecule has 0 N–H and O–H groups in total. The van der Waals surface area contributed by atoms with Gasteiger partial charge in [-0.25, -0.2) is 0 Å². The number of hydrogen-bond donors (Lipinski definition) is 0. The van der Waals surface area contributed by atoms with Crippen molar-refractivity contribution in [2.75, 3.05) is 31.6 Å². The van der Waals surface area contributed by atoms with Crippen LogP contribution in [0.1, 0.15) is 63.2 Å². The van der Waals surface area contributed by atoms with Crippen molar-refractivity contribution in [1.29, 1.82) is 0 Å². The molecule has 8 heteroatoms. The Bertz CT molecular complexity index is 897. The van der Waals surface area contributed by atoms with Crippen molar-refractivity contribution in [2.24, 2.45) is 5.92 Å². The van der Waals surface area contributed by atoms with E-state index in [2.05, 4.69) is 13.8 Å². The summed E-state index contributed by atoms with van der Waals surface area (Å²) in [7, 11) is 1.30. The Hall–Kier alpha value is -2.90. The first-order valence-corrected chi connectivity index (χ1v) is 11.3. The second-order valence-corrected chi connectivity index (χ2v) is 8.70. The minimum Gasteiger partial charge on any atom is -0.468 e. The van der Waals surface area contributed by atoms with Gasteiger partial charge in [-0.05, 0) is 31.4 Å². The molecule has 8 nitrogen and oxygen atoms in total. The van der Waals surface area contributed by atoms with E-state index in [-0.39, 0.29) is 43.1 Å². The summed E-state index contributed by atoms with van der Waals surface area (Å²) >= 11 is 0. The Morgan fingerprint density at radius 1 is 1.19 bits per heavy atom. The second-order valence-electron chi connectivity index (χ2n) is 8.70. The quantitative estimate of drug-likeness (QED) is 0.548. The van der Waals surface area contributed by atoms with Crippen LogP contribution in [-0.4, -0.2) is 65.9 Å². The highest BCUT2D eigenvalue weighted by Crippen LogP contribution is 2.44. The Balaban J connectivity index is 1.80. The Morgan fingerprint density at radius 3 is 2.53 bits per heavy atom.